The van der Waals surface area contributed by atoms with Gasteiger partial charge in [0.25, 0.3) is 0 Å². The van der Waals surface area contributed by atoms with Crippen molar-refractivity contribution in [2.45, 2.75) is 39.3 Å². The topological polar surface area (TPSA) is 56.7 Å². The van der Waals surface area contributed by atoms with Gasteiger partial charge in [0.2, 0.25) is 5.91 Å². The average molecular weight is 506 g/mol. The molecule has 6 heteroatoms. The van der Waals surface area contributed by atoms with Gasteiger partial charge in [-0.05, 0) is 42.0 Å². The zero-order valence-electron chi connectivity index (χ0n) is 17.3. The minimum Gasteiger partial charge on any atom is -0.356 e. The van der Waals surface area contributed by atoms with Gasteiger partial charge < -0.3 is 15.5 Å². The van der Waals surface area contributed by atoms with E-state index in [2.05, 4.69) is 52.9 Å². The first-order valence-corrected chi connectivity index (χ1v) is 10.0. The molecule has 3 rings (SSSR count). The molecule has 0 fully saturated rings. The molecule has 1 aliphatic rings. The van der Waals surface area contributed by atoms with Crippen molar-refractivity contribution < 1.29 is 4.79 Å². The van der Waals surface area contributed by atoms with Crippen LogP contribution in [0.4, 0.5) is 0 Å². The van der Waals surface area contributed by atoms with Crippen LogP contribution in [-0.4, -0.2) is 36.9 Å². The van der Waals surface area contributed by atoms with E-state index in [-0.39, 0.29) is 29.9 Å². The summed E-state index contributed by atoms with van der Waals surface area (Å²) in [7, 11) is 1.77. The van der Waals surface area contributed by atoms with Crippen molar-refractivity contribution in [1.29, 1.82) is 0 Å². The molecule has 2 aromatic rings. The molecule has 1 aliphatic heterocycles. The summed E-state index contributed by atoms with van der Waals surface area (Å²) < 4.78 is 0. The Morgan fingerprint density at radius 2 is 1.79 bits per heavy atom. The Morgan fingerprint density at radius 1 is 1.07 bits per heavy atom. The van der Waals surface area contributed by atoms with E-state index in [1.165, 1.54) is 22.3 Å². The third-order valence-electron chi connectivity index (χ3n) is 5.27. The van der Waals surface area contributed by atoms with Gasteiger partial charge in [-0.25, -0.2) is 0 Å². The first kappa shape index (κ1) is 23.2. The second kappa shape index (κ2) is 11.8. The lowest BCUT2D eigenvalue weighted by Crippen LogP contribution is -2.38. The molecule has 0 aromatic heterocycles. The largest absolute Gasteiger partial charge is 0.356 e. The number of guanidine groups is 1. The van der Waals surface area contributed by atoms with Gasteiger partial charge >= 0.3 is 0 Å². The number of aryl methyl sites for hydroxylation is 1. The number of hydrogen-bond donors (Lipinski definition) is 2. The minimum absolute atomic E-state index is 0. The number of nitrogens with zero attached hydrogens (tertiary/aromatic N) is 2. The molecule has 0 saturated heterocycles. The van der Waals surface area contributed by atoms with Crippen molar-refractivity contribution in [3.63, 3.8) is 0 Å². The molecule has 0 bridgehead atoms. The summed E-state index contributed by atoms with van der Waals surface area (Å²) in [5.41, 5.74) is 5.17. The standard InChI is InChI=1S/C23H30N4O.HI/c1-18-8-3-4-10-20(18)16-26-23(24-2)25-14-7-12-22(28)27-15-13-19-9-5-6-11-21(19)17-27;/h3-6,8-11H,7,12-17H2,1-2H3,(H2,24,25,26);1H. The van der Waals surface area contributed by atoms with Crippen molar-refractivity contribution in [2.75, 3.05) is 20.1 Å². The molecule has 0 radical (unpaired) electrons. The predicted octanol–water partition coefficient (Wildman–Crippen LogP) is 3.64. The summed E-state index contributed by atoms with van der Waals surface area (Å²) in [6.45, 7) is 5.13. The lowest BCUT2D eigenvalue weighted by atomic mass is 9.99. The number of fused-ring (bicyclic) bond motifs is 1. The van der Waals surface area contributed by atoms with Crippen LogP contribution in [0.3, 0.4) is 0 Å². The molecule has 29 heavy (non-hydrogen) atoms. The number of carbonyl (C=O) groups is 1. The van der Waals surface area contributed by atoms with E-state index in [4.69, 9.17) is 0 Å². The van der Waals surface area contributed by atoms with E-state index >= 15 is 0 Å². The van der Waals surface area contributed by atoms with Gasteiger partial charge in [0.05, 0.1) is 0 Å². The number of nitrogens with one attached hydrogen (secondary N) is 2. The van der Waals surface area contributed by atoms with Gasteiger partial charge in [-0.15, -0.1) is 24.0 Å². The first-order valence-electron chi connectivity index (χ1n) is 10.0. The highest BCUT2D eigenvalue weighted by Crippen LogP contribution is 2.19. The van der Waals surface area contributed by atoms with Crippen molar-refractivity contribution in [3.8, 4) is 0 Å². The summed E-state index contributed by atoms with van der Waals surface area (Å²) in [5.74, 6) is 1.00. The fraction of sp³-hybridized carbons (Fsp3) is 0.391. The molecule has 0 atom stereocenters. The first-order chi connectivity index (χ1) is 13.7. The monoisotopic (exact) mass is 506 g/mol. The number of amides is 1. The number of rotatable bonds is 6. The summed E-state index contributed by atoms with van der Waals surface area (Å²) >= 11 is 0. The SMILES string of the molecule is CN=C(NCCCC(=O)N1CCc2ccccc2C1)NCc1ccccc1C.I. The summed E-state index contributed by atoms with van der Waals surface area (Å²) in [6.07, 6.45) is 2.31. The summed E-state index contributed by atoms with van der Waals surface area (Å²) in [5, 5.41) is 6.63. The van der Waals surface area contributed by atoms with Crippen LogP contribution < -0.4 is 10.6 Å². The maximum Gasteiger partial charge on any atom is 0.222 e. The van der Waals surface area contributed by atoms with E-state index < -0.39 is 0 Å². The third-order valence-corrected chi connectivity index (χ3v) is 5.27. The fourth-order valence-corrected chi connectivity index (χ4v) is 3.52. The lowest BCUT2D eigenvalue weighted by molar-refractivity contribution is -0.132. The molecule has 156 valence electrons. The van der Waals surface area contributed by atoms with Gasteiger partial charge in [-0.1, -0.05) is 48.5 Å². The highest BCUT2D eigenvalue weighted by Gasteiger charge is 2.19. The van der Waals surface area contributed by atoms with Crippen molar-refractivity contribution in [2.24, 2.45) is 4.99 Å². The van der Waals surface area contributed by atoms with E-state index in [9.17, 15) is 4.79 Å². The lowest BCUT2D eigenvalue weighted by Gasteiger charge is -2.29. The van der Waals surface area contributed by atoms with Crippen LogP contribution in [0.5, 0.6) is 0 Å². The van der Waals surface area contributed by atoms with Crippen molar-refractivity contribution in [1.82, 2.24) is 15.5 Å². The number of carbonyl (C=O) groups excluding carboxylic acids is 1. The molecular weight excluding hydrogens is 475 g/mol. The number of benzene rings is 2. The van der Waals surface area contributed by atoms with Crippen LogP contribution in [0.15, 0.2) is 53.5 Å². The Balaban J connectivity index is 0.00000300. The van der Waals surface area contributed by atoms with Crippen LogP contribution in [0.2, 0.25) is 0 Å². The second-order valence-electron chi connectivity index (χ2n) is 7.22. The third kappa shape index (κ3) is 6.73. The molecule has 0 saturated carbocycles. The van der Waals surface area contributed by atoms with Crippen LogP contribution in [0.25, 0.3) is 0 Å². The number of aliphatic imine (C=N–C) groups is 1. The van der Waals surface area contributed by atoms with Gasteiger partial charge in [-0.2, -0.15) is 0 Å². The van der Waals surface area contributed by atoms with Crippen LogP contribution in [0.1, 0.15) is 35.1 Å². The van der Waals surface area contributed by atoms with Gasteiger partial charge in [0, 0.05) is 39.6 Å². The fourth-order valence-electron chi connectivity index (χ4n) is 3.52. The number of hydrogen-bond acceptors (Lipinski definition) is 2. The maximum atomic E-state index is 12.5. The Labute approximate surface area is 191 Å². The molecule has 2 N–H and O–H groups in total. The predicted molar refractivity (Wildman–Crippen MR) is 130 cm³/mol. The van der Waals surface area contributed by atoms with Crippen molar-refractivity contribution in [3.05, 3.63) is 70.8 Å². The highest BCUT2D eigenvalue weighted by atomic mass is 127. The van der Waals surface area contributed by atoms with Gasteiger partial charge in [-0.3, -0.25) is 9.79 Å². The maximum absolute atomic E-state index is 12.5. The quantitative estimate of drug-likeness (QED) is 0.272. The average Bonchev–Trinajstić information content (AvgIpc) is 2.73. The second-order valence-corrected chi connectivity index (χ2v) is 7.22. The Kier molecular flexibility index (Phi) is 9.44. The molecule has 0 unspecified atom stereocenters. The van der Waals surface area contributed by atoms with E-state index in [1.54, 1.807) is 7.05 Å². The normalized spacial score (nSPS) is 13.3. The van der Waals surface area contributed by atoms with E-state index in [0.717, 1.165) is 45.0 Å². The van der Waals surface area contributed by atoms with Gasteiger partial charge in [0.1, 0.15) is 0 Å². The molecule has 2 aromatic carbocycles. The van der Waals surface area contributed by atoms with E-state index in [1.807, 2.05) is 23.1 Å². The molecule has 5 nitrogen and oxygen atoms in total. The summed E-state index contributed by atoms with van der Waals surface area (Å²) in [6, 6.07) is 16.7. The number of halogens is 1. The Morgan fingerprint density at radius 3 is 2.55 bits per heavy atom. The van der Waals surface area contributed by atoms with E-state index in [0.29, 0.717) is 6.42 Å². The van der Waals surface area contributed by atoms with Crippen molar-refractivity contribution >= 4 is 35.8 Å². The van der Waals surface area contributed by atoms with Crippen LogP contribution in [-0.2, 0) is 24.3 Å². The highest BCUT2D eigenvalue weighted by molar-refractivity contribution is 14.0. The van der Waals surface area contributed by atoms with Crippen LogP contribution in [0, 0.1) is 6.92 Å². The molecular formula is C23H31IN4O. The van der Waals surface area contributed by atoms with Gasteiger partial charge in [0.15, 0.2) is 5.96 Å². The summed E-state index contributed by atoms with van der Waals surface area (Å²) in [4.78, 5) is 18.8. The smallest absolute Gasteiger partial charge is 0.222 e. The zero-order chi connectivity index (χ0) is 19.8. The Bertz CT molecular complexity index is 837. The molecule has 0 aliphatic carbocycles. The zero-order valence-corrected chi connectivity index (χ0v) is 19.6. The minimum atomic E-state index is 0. The molecule has 0 spiro atoms. The van der Waals surface area contributed by atoms with Crippen LogP contribution >= 0.6 is 24.0 Å². The molecule has 1 amide bonds. The Hall–Kier alpha value is -2.09. The molecule has 1 heterocycles.